The molecule has 0 saturated carbocycles. The SMILES string of the molecule is CC(C)c1cccc2c(C(C)N)c3c(nc12)CCN(C)C3. The quantitative estimate of drug-likeness (QED) is 0.919. The molecule has 0 saturated heterocycles. The zero-order valence-electron chi connectivity index (χ0n) is 13.5. The molecule has 3 rings (SSSR count). The second kappa shape index (κ2) is 5.39. The third-order valence-electron chi connectivity index (χ3n) is 4.51. The number of benzene rings is 1. The van der Waals surface area contributed by atoms with E-state index in [1.807, 2.05) is 0 Å². The van der Waals surface area contributed by atoms with Gasteiger partial charge in [0.05, 0.1) is 5.52 Å². The van der Waals surface area contributed by atoms with E-state index in [1.165, 1.54) is 27.8 Å². The molecule has 0 spiro atoms. The fourth-order valence-electron chi connectivity index (χ4n) is 3.44. The Bertz CT molecular complexity index is 674. The van der Waals surface area contributed by atoms with Gasteiger partial charge in [0, 0.05) is 36.6 Å². The highest BCUT2D eigenvalue weighted by Gasteiger charge is 2.23. The fourth-order valence-corrected chi connectivity index (χ4v) is 3.44. The Morgan fingerprint density at radius 3 is 2.67 bits per heavy atom. The monoisotopic (exact) mass is 283 g/mol. The Kier molecular flexibility index (Phi) is 3.72. The van der Waals surface area contributed by atoms with E-state index in [2.05, 4.69) is 50.9 Å². The molecule has 0 aliphatic carbocycles. The molecule has 1 aliphatic heterocycles. The van der Waals surface area contributed by atoms with E-state index >= 15 is 0 Å². The molecule has 21 heavy (non-hydrogen) atoms. The van der Waals surface area contributed by atoms with Gasteiger partial charge in [-0.2, -0.15) is 0 Å². The van der Waals surface area contributed by atoms with Crippen LogP contribution in [0.5, 0.6) is 0 Å². The summed E-state index contributed by atoms with van der Waals surface area (Å²) in [5.41, 5.74) is 12.7. The molecule has 0 radical (unpaired) electrons. The minimum Gasteiger partial charge on any atom is -0.324 e. The molecule has 1 unspecified atom stereocenters. The number of nitrogens with two attached hydrogens (primary N) is 1. The molecular weight excluding hydrogens is 258 g/mol. The largest absolute Gasteiger partial charge is 0.324 e. The van der Waals surface area contributed by atoms with E-state index in [0.717, 1.165) is 25.0 Å². The van der Waals surface area contributed by atoms with Crippen LogP contribution in [0.25, 0.3) is 10.9 Å². The Balaban J connectivity index is 2.36. The summed E-state index contributed by atoms with van der Waals surface area (Å²) in [4.78, 5) is 7.39. The van der Waals surface area contributed by atoms with Crippen LogP contribution >= 0.6 is 0 Å². The summed E-state index contributed by atoms with van der Waals surface area (Å²) in [6.07, 6.45) is 1.02. The third kappa shape index (κ3) is 2.45. The fraction of sp³-hybridized carbons (Fsp3) is 0.500. The number of rotatable bonds is 2. The number of hydrogen-bond donors (Lipinski definition) is 1. The Morgan fingerprint density at radius 1 is 1.24 bits per heavy atom. The van der Waals surface area contributed by atoms with Crippen LogP contribution in [0.2, 0.25) is 0 Å². The van der Waals surface area contributed by atoms with Crippen molar-refractivity contribution in [2.45, 2.75) is 45.7 Å². The molecular formula is C18H25N3. The van der Waals surface area contributed by atoms with E-state index < -0.39 is 0 Å². The van der Waals surface area contributed by atoms with Gasteiger partial charge in [-0.1, -0.05) is 32.0 Å². The van der Waals surface area contributed by atoms with Crippen LogP contribution in [0, 0.1) is 0 Å². The molecule has 1 aliphatic rings. The minimum atomic E-state index is 0.0400. The molecule has 2 heterocycles. The third-order valence-corrected chi connectivity index (χ3v) is 4.51. The van der Waals surface area contributed by atoms with Gasteiger partial charge in [0.2, 0.25) is 0 Å². The van der Waals surface area contributed by atoms with Gasteiger partial charge < -0.3 is 10.6 Å². The van der Waals surface area contributed by atoms with Crippen molar-refractivity contribution < 1.29 is 0 Å². The van der Waals surface area contributed by atoms with Gasteiger partial charge in [-0.25, -0.2) is 0 Å². The summed E-state index contributed by atoms with van der Waals surface area (Å²) in [5.74, 6) is 0.478. The van der Waals surface area contributed by atoms with Gasteiger partial charge >= 0.3 is 0 Å². The molecule has 3 nitrogen and oxygen atoms in total. The van der Waals surface area contributed by atoms with Crippen LogP contribution < -0.4 is 5.73 Å². The maximum absolute atomic E-state index is 6.33. The van der Waals surface area contributed by atoms with Crippen LogP contribution in [-0.4, -0.2) is 23.5 Å². The van der Waals surface area contributed by atoms with Gasteiger partial charge in [0.15, 0.2) is 0 Å². The maximum Gasteiger partial charge on any atom is 0.0743 e. The number of hydrogen-bond acceptors (Lipinski definition) is 3. The van der Waals surface area contributed by atoms with E-state index in [1.54, 1.807) is 0 Å². The van der Waals surface area contributed by atoms with Crippen molar-refractivity contribution in [1.82, 2.24) is 9.88 Å². The zero-order chi connectivity index (χ0) is 15.1. The van der Waals surface area contributed by atoms with Crippen LogP contribution in [0.15, 0.2) is 18.2 Å². The molecule has 3 heteroatoms. The van der Waals surface area contributed by atoms with Crippen molar-refractivity contribution in [2.24, 2.45) is 5.73 Å². The number of pyridine rings is 1. The van der Waals surface area contributed by atoms with Gasteiger partial charge in [-0.15, -0.1) is 0 Å². The summed E-state index contributed by atoms with van der Waals surface area (Å²) in [7, 11) is 2.17. The number of likely N-dealkylation sites (N-methyl/N-ethyl adjacent to an activating group) is 1. The standard InChI is InChI=1S/C18H25N3/c1-11(2)13-6-5-7-14-17(12(3)19)15-10-21(4)9-8-16(15)20-18(13)14/h5-7,11-12H,8-10,19H2,1-4H3. The average molecular weight is 283 g/mol. The zero-order valence-corrected chi connectivity index (χ0v) is 13.5. The highest BCUT2D eigenvalue weighted by molar-refractivity contribution is 5.87. The van der Waals surface area contributed by atoms with Gasteiger partial charge in [-0.05, 0) is 36.6 Å². The normalized spacial score (nSPS) is 17.2. The van der Waals surface area contributed by atoms with E-state index in [9.17, 15) is 0 Å². The lowest BCUT2D eigenvalue weighted by Crippen LogP contribution is -2.29. The Hall–Kier alpha value is -1.45. The maximum atomic E-state index is 6.33. The van der Waals surface area contributed by atoms with Gasteiger partial charge in [-0.3, -0.25) is 4.98 Å². The lowest BCUT2D eigenvalue weighted by atomic mass is 9.89. The molecule has 0 bridgehead atoms. The van der Waals surface area contributed by atoms with Crippen LogP contribution in [0.4, 0.5) is 0 Å². The van der Waals surface area contributed by atoms with Crippen molar-refractivity contribution >= 4 is 10.9 Å². The van der Waals surface area contributed by atoms with E-state index in [4.69, 9.17) is 10.7 Å². The van der Waals surface area contributed by atoms with Gasteiger partial charge in [0.1, 0.15) is 0 Å². The number of para-hydroxylation sites is 1. The highest BCUT2D eigenvalue weighted by Crippen LogP contribution is 2.34. The number of fused-ring (bicyclic) bond motifs is 2. The Labute approximate surface area is 127 Å². The van der Waals surface area contributed by atoms with Crippen molar-refractivity contribution in [3.63, 3.8) is 0 Å². The first-order valence-electron chi connectivity index (χ1n) is 7.87. The predicted molar refractivity (Wildman–Crippen MR) is 88.5 cm³/mol. The van der Waals surface area contributed by atoms with Crippen molar-refractivity contribution in [2.75, 3.05) is 13.6 Å². The van der Waals surface area contributed by atoms with Crippen molar-refractivity contribution in [1.29, 1.82) is 0 Å². The predicted octanol–water partition coefficient (Wildman–Crippen LogP) is 3.37. The lowest BCUT2D eigenvalue weighted by molar-refractivity contribution is 0.308. The summed E-state index contributed by atoms with van der Waals surface area (Å²) in [6, 6.07) is 6.57. The van der Waals surface area contributed by atoms with Gasteiger partial charge in [0.25, 0.3) is 0 Å². The first kappa shape index (κ1) is 14.5. The lowest BCUT2D eigenvalue weighted by Gasteiger charge is -2.29. The summed E-state index contributed by atoms with van der Waals surface area (Å²) in [5, 5.41) is 1.24. The number of aromatic nitrogens is 1. The Morgan fingerprint density at radius 2 is 2.00 bits per heavy atom. The highest BCUT2D eigenvalue weighted by atomic mass is 15.1. The van der Waals surface area contributed by atoms with Crippen LogP contribution in [0.1, 0.15) is 55.1 Å². The van der Waals surface area contributed by atoms with Crippen molar-refractivity contribution in [3.8, 4) is 0 Å². The second-order valence-corrected chi connectivity index (χ2v) is 6.63. The molecule has 2 N–H and O–H groups in total. The molecule has 0 fully saturated rings. The molecule has 0 amide bonds. The summed E-state index contributed by atoms with van der Waals surface area (Å²) < 4.78 is 0. The second-order valence-electron chi connectivity index (χ2n) is 6.63. The topological polar surface area (TPSA) is 42.1 Å². The molecule has 1 atom stereocenters. The first-order chi connectivity index (χ1) is 9.99. The van der Waals surface area contributed by atoms with E-state index in [-0.39, 0.29) is 6.04 Å². The number of nitrogens with zero attached hydrogens (tertiary/aromatic N) is 2. The van der Waals surface area contributed by atoms with Crippen LogP contribution in [0.3, 0.4) is 0 Å². The van der Waals surface area contributed by atoms with Crippen LogP contribution in [-0.2, 0) is 13.0 Å². The van der Waals surface area contributed by atoms with Crippen molar-refractivity contribution in [3.05, 3.63) is 40.6 Å². The molecule has 2 aromatic rings. The average Bonchev–Trinajstić information content (AvgIpc) is 2.43. The summed E-state index contributed by atoms with van der Waals surface area (Å²) in [6.45, 7) is 8.59. The minimum absolute atomic E-state index is 0.0400. The molecule has 112 valence electrons. The molecule has 1 aromatic carbocycles. The summed E-state index contributed by atoms with van der Waals surface area (Å²) >= 11 is 0. The molecule has 1 aromatic heterocycles. The van der Waals surface area contributed by atoms with E-state index in [0.29, 0.717) is 5.92 Å². The smallest absolute Gasteiger partial charge is 0.0743 e. The first-order valence-corrected chi connectivity index (χ1v) is 7.87.